The molecule has 1 saturated carbocycles. The van der Waals surface area contributed by atoms with Crippen LogP contribution in [-0.2, 0) is 11.3 Å². The van der Waals surface area contributed by atoms with E-state index >= 15 is 0 Å². The quantitative estimate of drug-likeness (QED) is 0.354. The molecule has 1 aliphatic carbocycles. The molecule has 3 aromatic carbocycles. The zero-order chi connectivity index (χ0) is 23.9. The Morgan fingerprint density at radius 2 is 1.62 bits per heavy atom. The summed E-state index contributed by atoms with van der Waals surface area (Å²) in [6, 6.07) is 20.1. The highest BCUT2D eigenvalue weighted by Crippen LogP contribution is 2.30. The lowest BCUT2D eigenvalue weighted by Gasteiger charge is -2.29. The summed E-state index contributed by atoms with van der Waals surface area (Å²) in [5, 5.41) is 0. The number of rotatable bonds is 9. The Hall–Kier alpha value is -3.67. The van der Waals surface area contributed by atoms with Crippen molar-refractivity contribution in [1.82, 2.24) is 4.90 Å². The largest absolute Gasteiger partial charge is 0.465 e. The van der Waals surface area contributed by atoms with Crippen LogP contribution < -0.4 is 4.74 Å². The van der Waals surface area contributed by atoms with Gasteiger partial charge in [-0.1, -0.05) is 43.5 Å². The van der Waals surface area contributed by atoms with Crippen LogP contribution in [0, 0.1) is 11.7 Å². The van der Waals surface area contributed by atoms with E-state index in [1.165, 1.54) is 32.4 Å². The summed E-state index contributed by atoms with van der Waals surface area (Å²) in [5.74, 6) is 0.368. The smallest absolute Gasteiger partial charge is 0.337 e. The minimum absolute atomic E-state index is 0.0752. The molecule has 34 heavy (non-hydrogen) atoms. The van der Waals surface area contributed by atoms with Crippen LogP contribution in [-0.4, -0.2) is 30.4 Å². The fraction of sp³-hybridized carbons (Fsp3) is 0.286. The lowest BCUT2D eigenvalue weighted by atomic mass is 9.83. The SMILES string of the molecule is COC(=O)c1ccc(CN(CCC2CCC2)C(=O)c2ccc(Oc3ccccc3F)cc2)cc1. The van der Waals surface area contributed by atoms with Crippen molar-refractivity contribution in [2.45, 2.75) is 32.2 Å². The maximum absolute atomic E-state index is 13.9. The van der Waals surface area contributed by atoms with Crippen LogP contribution in [0.15, 0.2) is 72.8 Å². The molecule has 1 amide bonds. The molecule has 0 atom stereocenters. The molecule has 0 heterocycles. The minimum Gasteiger partial charge on any atom is -0.465 e. The van der Waals surface area contributed by atoms with Gasteiger partial charge in [0.1, 0.15) is 5.75 Å². The van der Waals surface area contributed by atoms with Crippen molar-refractivity contribution < 1.29 is 23.5 Å². The maximum Gasteiger partial charge on any atom is 0.337 e. The van der Waals surface area contributed by atoms with Crippen molar-refractivity contribution in [2.75, 3.05) is 13.7 Å². The van der Waals surface area contributed by atoms with Gasteiger partial charge in [0.2, 0.25) is 0 Å². The second-order valence-electron chi connectivity index (χ2n) is 8.56. The third-order valence-corrected chi connectivity index (χ3v) is 6.23. The first-order valence-corrected chi connectivity index (χ1v) is 11.5. The molecule has 4 rings (SSSR count). The average Bonchev–Trinajstić information content (AvgIpc) is 2.84. The Bertz CT molecular complexity index is 1120. The maximum atomic E-state index is 13.9. The van der Waals surface area contributed by atoms with E-state index in [1.807, 2.05) is 17.0 Å². The molecule has 3 aromatic rings. The Morgan fingerprint density at radius 3 is 2.24 bits per heavy atom. The van der Waals surface area contributed by atoms with E-state index in [4.69, 9.17) is 9.47 Å². The Labute approximate surface area is 199 Å². The van der Waals surface area contributed by atoms with Crippen molar-refractivity contribution in [1.29, 1.82) is 0 Å². The molecule has 0 aliphatic heterocycles. The summed E-state index contributed by atoms with van der Waals surface area (Å²) in [6.07, 6.45) is 4.67. The molecule has 0 spiro atoms. The molecule has 0 aromatic heterocycles. The van der Waals surface area contributed by atoms with E-state index in [1.54, 1.807) is 54.6 Å². The van der Waals surface area contributed by atoms with Gasteiger partial charge in [0.05, 0.1) is 12.7 Å². The van der Waals surface area contributed by atoms with Crippen LogP contribution in [0.2, 0.25) is 0 Å². The predicted molar refractivity (Wildman–Crippen MR) is 127 cm³/mol. The number of carbonyl (C=O) groups is 2. The molecular formula is C28H28FNO4. The number of hydrogen-bond donors (Lipinski definition) is 0. The van der Waals surface area contributed by atoms with Gasteiger partial charge in [-0.2, -0.15) is 0 Å². The van der Waals surface area contributed by atoms with Crippen LogP contribution in [0.25, 0.3) is 0 Å². The molecule has 0 bridgehead atoms. The molecule has 0 saturated heterocycles. The topological polar surface area (TPSA) is 55.8 Å². The molecule has 5 nitrogen and oxygen atoms in total. The third kappa shape index (κ3) is 5.81. The molecule has 176 valence electrons. The van der Waals surface area contributed by atoms with Gasteiger partial charge in [0, 0.05) is 18.7 Å². The lowest BCUT2D eigenvalue weighted by Crippen LogP contribution is -2.33. The summed E-state index contributed by atoms with van der Waals surface area (Å²) in [4.78, 5) is 26.9. The Balaban J connectivity index is 1.46. The van der Waals surface area contributed by atoms with Crippen molar-refractivity contribution in [2.24, 2.45) is 5.92 Å². The zero-order valence-corrected chi connectivity index (χ0v) is 19.2. The number of esters is 1. The van der Waals surface area contributed by atoms with Crippen LogP contribution >= 0.6 is 0 Å². The van der Waals surface area contributed by atoms with E-state index in [-0.39, 0.29) is 17.6 Å². The van der Waals surface area contributed by atoms with Gasteiger partial charge in [-0.3, -0.25) is 4.79 Å². The fourth-order valence-electron chi connectivity index (χ4n) is 3.96. The number of hydrogen-bond acceptors (Lipinski definition) is 4. The lowest BCUT2D eigenvalue weighted by molar-refractivity contribution is 0.0599. The minimum atomic E-state index is -0.442. The summed E-state index contributed by atoms with van der Waals surface area (Å²) < 4.78 is 24.2. The Kier molecular flexibility index (Phi) is 7.58. The highest BCUT2D eigenvalue weighted by Gasteiger charge is 2.22. The molecule has 0 unspecified atom stereocenters. The monoisotopic (exact) mass is 461 g/mol. The van der Waals surface area contributed by atoms with Gasteiger partial charge in [0.15, 0.2) is 11.6 Å². The van der Waals surface area contributed by atoms with Crippen molar-refractivity contribution >= 4 is 11.9 Å². The van der Waals surface area contributed by atoms with Gasteiger partial charge >= 0.3 is 5.97 Å². The molecule has 6 heteroatoms. The van der Waals surface area contributed by atoms with Crippen molar-refractivity contribution in [3.8, 4) is 11.5 Å². The normalized spacial score (nSPS) is 13.1. The fourth-order valence-corrected chi connectivity index (χ4v) is 3.96. The molecule has 0 N–H and O–H groups in total. The molecule has 0 radical (unpaired) electrons. The average molecular weight is 462 g/mol. The highest BCUT2D eigenvalue weighted by atomic mass is 19.1. The van der Waals surface area contributed by atoms with Gasteiger partial charge in [-0.15, -0.1) is 0 Å². The summed E-state index contributed by atoms with van der Waals surface area (Å²) in [7, 11) is 1.35. The van der Waals surface area contributed by atoms with Crippen LogP contribution in [0.1, 0.15) is 52.0 Å². The molecular weight excluding hydrogens is 433 g/mol. The third-order valence-electron chi connectivity index (χ3n) is 6.23. The predicted octanol–water partition coefficient (Wildman–Crippen LogP) is 6.24. The number of amides is 1. The van der Waals surface area contributed by atoms with Gasteiger partial charge in [-0.05, 0) is 66.4 Å². The van der Waals surface area contributed by atoms with Crippen LogP contribution in [0.4, 0.5) is 4.39 Å². The number of nitrogens with zero attached hydrogens (tertiary/aromatic N) is 1. The van der Waals surface area contributed by atoms with Crippen molar-refractivity contribution in [3.63, 3.8) is 0 Å². The highest BCUT2D eigenvalue weighted by molar-refractivity contribution is 5.94. The number of benzene rings is 3. The van der Waals surface area contributed by atoms with Gasteiger partial charge in [-0.25, -0.2) is 9.18 Å². The summed E-state index contributed by atoms with van der Waals surface area (Å²) in [5.41, 5.74) is 1.96. The van der Waals surface area contributed by atoms with E-state index in [0.717, 1.165) is 12.0 Å². The zero-order valence-electron chi connectivity index (χ0n) is 19.2. The number of carbonyl (C=O) groups excluding carboxylic acids is 2. The van der Waals surface area contributed by atoms with E-state index in [2.05, 4.69) is 0 Å². The second kappa shape index (κ2) is 11.0. The number of halogens is 1. The van der Waals surface area contributed by atoms with Gasteiger partial charge < -0.3 is 14.4 Å². The molecule has 1 fully saturated rings. The Morgan fingerprint density at radius 1 is 0.941 bits per heavy atom. The van der Waals surface area contributed by atoms with E-state index < -0.39 is 5.82 Å². The summed E-state index contributed by atoms with van der Waals surface area (Å²) in [6.45, 7) is 1.11. The van der Waals surface area contributed by atoms with Crippen LogP contribution in [0.3, 0.4) is 0 Å². The van der Waals surface area contributed by atoms with E-state index in [9.17, 15) is 14.0 Å². The van der Waals surface area contributed by atoms with Gasteiger partial charge in [0.25, 0.3) is 5.91 Å². The van der Waals surface area contributed by atoms with Crippen molar-refractivity contribution in [3.05, 3.63) is 95.3 Å². The van der Waals surface area contributed by atoms with Crippen LogP contribution in [0.5, 0.6) is 11.5 Å². The number of ether oxygens (including phenoxy) is 2. The summed E-state index contributed by atoms with van der Waals surface area (Å²) >= 11 is 0. The first kappa shape index (κ1) is 23.5. The number of methoxy groups -OCH3 is 1. The first-order valence-electron chi connectivity index (χ1n) is 11.5. The standard InChI is InChI=1S/C28H28FNO4/c1-33-28(32)23-11-9-21(10-12-23)19-30(18-17-20-5-4-6-20)27(31)22-13-15-24(16-14-22)34-26-8-3-2-7-25(26)29/h2-3,7-16,20H,4-6,17-19H2,1H3. The molecule has 1 aliphatic rings. The first-order chi connectivity index (χ1) is 16.5. The number of para-hydroxylation sites is 1. The second-order valence-corrected chi connectivity index (χ2v) is 8.56. The van der Waals surface area contributed by atoms with E-state index in [0.29, 0.717) is 35.9 Å².